The van der Waals surface area contributed by atoms with Gasteiger partial charge in [-0.25, -0.2) is 4.98 Å². The van der Waals surface area contributed by atoms with Crippen LogP contribution in [0.4, 0.5) is 0 Å². The lowest BCUT2D eigenvalue weighted by Gasteiger charge is -2.27. The molecule has 4 heterocycles. The van der Waals surface area contributed by atoms with Crippen LogP contribution in [0.25, 0.3) is 22.2 Å². The Balaban J connectivity index is 1.66. The highest BCUT2D eigenvalue weighted by Gasteiger charge is 2.25. The molecule has 1 fully saturated rings. The van der Waals surface area contributed by atoms with E-state index in [0.717, 1.165) is 46.8 Å². The van der Waals surface area contributed by atoms with E-state index in [1.165, 1.54) is 9.79 Å². The van der Waals surface area contributed by atoms with Crippen molar-refractivity contribution in [3.05, 3.63) is 60.2 Å². The van der Waals surface area contributed by atoms with Gasteiger partial charge < -0.3 is 13.8 Å². The van der Waals surface area contributed by atoms with Gasteiger partial charge in [0.15, 0.2) is 0 Å². The minimum atomic E-state index is 0.357. The molecule has 6 heteroatoms. The Labute approximate surface area is 161 Å². The number of ether oxygens (including phenoxy) is 1. The Kier molecular flexibility index (Phi) is 4.02. The molecule has 0 spiro atoms. The van der Waals surface area contributed by atoms with Crippen LogP contribution in [0, 0.1) is 13.8 Å². The van der Waals surface area contributed by atoms with Crippen LogP contribution in [-0.2, 0) is 4.74 Å². The van der Waals surface area contributed by atoms with E-state index in [2.05, 4.69) is 46.3 Å². The first-order valence-corrected chi connectivity index (χ1v) is 9.77. The van der Waals surface area contributed by atoms with Crippen molar-refractivity contribution in [2.24, 2.45) is 0 Å². The van der Waals surface area contributed by atoms with Gasteiger partial charge >= 0.3 is 0 Å². The molecule has 0 bridgehead atoms. The molecule has 5 nitrogen and oxygen atoms in total. The van der Waals surface area contributed by atoms with Crippen LogP contribution in [0.2, 0.25) is 0 Å². The molecule has 1 aromatic carbocycles. The van der Waals surface area contributed by atoms with Crippen LogP contribution in [0.5, 0.6) is 0 Å². The number of rotatable bonds is 4. The Morgan fingerprint density at radius 3 is 2.63 bits per heavy atom. The second-order valence-corrected chi connectivity index (χ2v) is 7.92. The maximum Gasteiger partial charge on any atom is 0.141 e. The van der Waals surface area contributed by atoms with Crippen molar-refractivity contribution >= 4 is 22.8 Å². The first-order valence-electron chi connectivity index (χ1n) is 8.95. The zero-order valence-corrected chi connectivity index (χ0v) is 16.0. The number of hydrogen-bond donors (Lipinski definition) is 0. The predicted octanol–water partition coefficient (Wildman–Crippen LogP) is 5.03. The lowest BCUT2D eigenvalue weighted by Crippen LogP contribution is -2.30. The van der Waals surface area contributed by atoms with Crippen LogP contribution in [0.15, 0.2) is 63.1 Å². The summed E-state index contributed by atoms with van der Waals surface area (Å²) in [6, 6.07) is 13.0. The van der Waals surface area contributed by atoms with E-state index in [0.29, 0.717) is 6.04 Å². The van der Waals surface area contributed by atoms with Gasteiger partial charge in [0.05, 0.1) is 24.9 Å². The third-order valence-electron chi connectivity index (χ3n) is 4.94. The van der Waals surface area contributed by atoms with Crippen molar-refractivity contribution in [2.45, 2.75) is 29.7 Å². The number of nitrogens with zero attached hydrogens (tertiary/aromatic N) is 3. The second-order valence-electron chi connectivity index (χ2n) is 6.80. The smallest absolute Gasteiger partial charge is 0.141 e. The summed E-state index contributed by atoms with van der Waals surface area (Å²) in [4.78, 5) is 7.22. The third kappa shape index (κ3) is 2.85. The molecule has 0 unspecified atom stereocenters. The summed E-state index contributed by atoms with van der Waals surface area (Å²) in [7, 11) is 0. The summed E-state index contributed by atoms with van der Waals surface area (Å²) < 4.78 is 13.0. The number of fused-ring (bicyclic) bond motifs is 1. The molecule has 0 N–H and O–H groups in total. The van der Waals surface area contributed by atoms with Crippen LogP contribution < -0.4 is 0 Å². The quantitative estimate of drug-likeness (QED) is 0.499. The molecule has 27 heavy (non-hydrogen) atoms. The van der Waals surface area contributed by atoms with Crippen molar-refractivity contribution in [1.29, 1.82) is 0 Å². The van der Waals surface area contributed by atoms with Gasteiger partial charge in [-0.3, -0.25) is 0 Å². The fourth-order valence-corrected chi connectivity index (χ4v) is 4.47. The minimum absolute atomic E-state index is 0.357. The summed E-state index contributed by atoms with van der Waals surface area (Å²) in [5.74, 6) is 0.817. The molecule has 0 aliphatic carbocycles. The van der Waals surface area contributed by atoms with E-state index in [1.54, 1.807) is 11.8 Å². The highest BCUT2D eigenvalue weighted by Crippen LogP contribution is 2.39. The average Bonchev–Trinajstić information content (AvgIpc) is 3.14. The van der Waals surface area contributed by atoms with E-state index in [-0.39, 0.29) is 0 Å². The summed E-state index contributed by atoms with van der Waals surface area (Å²) >= 11 is 1.76. The predicted molar refractivity (Wildman–Crippen MR) is 105 cm³/mol. The van der Waals surface area contributed by atoms with Gasteiger partial charge in [0.1, 0.15) is 11.4 Å². The molecule has 0 radical (unpaired) electrons. The lowest BCUT2D eigenvalue weighted by molar-refractivity contribution is -0.0217. The molecule has 1 aliphatic heterocycles. The molecular weight excluding hydrogens is 358 g/mol. The zero-order valence-electron chi connectivity index (χ0n) is 15.2. The normalized spacial score (nSPS) is 14.6. The largest absolute Gasteiger partial charge is 0.377 e. The van der Waals surface area contributed by atoms with E-state index < -0.39 is 0 Å². The van der Waals surface area contributed by atoms with Gasteiger partial charge in [0.25, 0.3) is 0 Å². The van der Waals surface area contributed by atoms with Crippen LogP contribution >= 0.6 is 11.8 Å². The van der Waals surface area contributed by atoms with Crippen molar-refractivity contribution in [2.75, 3.05) is 13.2 Å². The number of aryl methyl sites for hydroxylation is 2. The fourth-order valence-electron chi connectivity index (χ4n) is 3.49. The SMILES string of the molecule is Cc1noc(C)c1-c1cnc2c(c1)c(Sc1ccccc1)cn2C1COC1. The van der Waals surface area contributed by atoms with Gasteiger partial charge in [0, 0.05) is 38.7 Å². The lowest BCUT2D eigenvalue weighted by atomic mass is 10.1. The van der Waals surface area contributed by atoms with Crippen molar-refractivity contribution in [1.82, 2.24) is 14.7 Å². The van der Waals surface area contributed by atoms with E-state index in [9.17, 15) is 0 Å². The molecular formula is C21H19N3O2S. The summed E-state index contributed by atoms with van der Waals surface area (Å²) in [5.41, 5.74) is 3.95. The highest BCUT2D eigenvalue weighted by molar-refractivity contribution is 7.99. The van der Waals surface area contributed by atoms with Gasteiger partial charge in [-0.2, -0.15) is 0 Å². The Morgan fingerprint density at radius 2 is 1.96 bits per heavy atom. The molecule has 0 amide bonds. The highest BCUT2D eigenvalue weighted by atomic mass is 32.2. The minimum Gasteiger partial charge on any atom is -0.377 e. The van der Waals surface area contributed by atoms with Crippen LogP contribution in [0.3, 0.4) is 0 Å². The molecule has 1 saturated heterocycles. The first-order chi connectivity index (χ1) is 13.2. The van der Waals surface area contributed by atoms with Crippen molar-refractivity contribution < 1.29 is 9.26 Å². The fraction of sp³-hybridized carbons (Fsp3) is 0.238. The third-order valence-corrected chi connectivity index (χ3v) is 5.99. The van der Waals surface area contributed by atoms with Crippen LogP contribution in [0.1, 0.15) is 17.5 Å². The number of pyridine rings is 1. The molecule has 0 saturated carbocycles. The maximum atomic E-state index is 5.40. The summed E-state index contributed by atoms with van der Waals surface area (Å²) in [6.45, 7) is 5.39. The molecule has 0 atom stereocenters. The van der Waals surface area contributed by atoms with Gasteiger partial charge in [-0.05, 0) is 32.0 Å². The van der Waals surface area contributed by atoms with Gasteiger partial charge in [0.2, 0.25) is 0 Å². The maximum absolute atomic E-state index is 5.40. The Morgan fingerprint density at radius 1 is 1.15 bits per heavy atom. The molecule has 1 aliphatic rings. The molecule has 136 valence electrons. The number of hydrogen-bond acceptors (Lipinski definition) is 5. The van der Waals surface area contributed by atoms with E-state index in [4.69, 9.17) is 14.2 Å². The molecule has 3 aromatic heterocycles. The number of aromatic nitrogens is 3. The second kappa shape index (κ2) is 6.55. The molecule has 4 aromatic rings. The van der Waals surface area contributed by atoms with Gasteiger partial charge in [-0.15, -0.1) is 0 Å². The first kappa shape index (κ1) is 16.6. The monoisotopic (exact) mass is 377 g/mol. The standard InChI is InChI=1S/C21H19N3O2S/c1-13-20(14(2)26-23-13)15-8-18-19(27-17-6-4-3-5-7-17)10-24(16-11-25-12-16)21(18)22-9-15/h3-10,16H,11-12H2,1-2H3. The topological polar surface area (TPSA) is 53.1 Å². The van der Waals surface area contributed by atoms with E-state index in [1.807, 2.05) is 26.1 Å². The Bertz CT molecular complexity index is 1090. The molecule has 5 rings (SSSR count). The average molecular weight is 377 g/mol. The van der Waals surface area contributed by atoms with Gasteiger partial charge in [-0.1, -0.05) is 35.1 Å². The van der Waals surface area contributed by atoms with Crippen LogP contribution in [-0.4, -0.2) is 27.9 Å². The van der Waals surface area contributed by atoms with E-state index >= 15 is 0 Å². The number of benzene rings is 1. The summed E-state index contributed by atoms with van der Waals surface area (Å²) in [5, 5.41) is 5.24. The zero-order chi connectivity index (χ0) is 18.4. The van der Waals surface area contributed by atoms with Crippen molar-refractivity contribution in [3.63, 3.8) is 0 Å². The van der Waals surface area contributed by atoms with Crippen molar-refractivity contribution in [3.8, 4) is 11.1 Å². The summed E-state index contributed by atoms with van der Waals surface area (Å²) in [6.07, 6.45) is 4.13. The Hall–Kier alpha value is -2.57.